The second-order valence-corrected chi connectivity index (χ2v) is 5.64. The highest BCUT2D eigenvalue weighted by Crippen LogP contribution is 2.26. The van der Waals surface area contributed by atoms with E-state index < -0.39 is 0 Å². The molecule has 0 radical (unpaired) electrons. The summed E-state index contributed by atoms with van der Waals surface area (Å²) in [5.74, 6) is 1.33. The lowest BCUT2D eigenvalue weighted by atomic mass is 10.1. The molecule has 0 atom stereocenters. The Morgan fingerprint density at radius 2 is 2.10 bits per heavy atom. The molecule has 1 aliphatic rings. The molecule has 0 aliphatic carbocycles. The molecule has 1 saturated heterocycles. The van der Waals surface area contributed by atoms with Crippen LogP contribution in [0, 0.1) is 0 Å². The zero-order chi connectivity index (χ0) is 14.5. The molecule has 1 N–H and O–H groups in total. The minimum Gasteiger partial charge on any atom is -0.440 e. The summed E-state index contributed by atoms with van der Waals surface area (Å²) >= 11 is 1.31. The van der Waals surface area contributed by atoms with E-state index in [1.807, 2.05) is 6.92 Å². The first kappa shape index (κ1) is 14.1. The molecule has 3 heterocycles. The Labute approximate surface area is 127 Å². The van der Waals surface area contributed by atoms with Crippen molar-refractivity contribution in [2.45, 2.75) is 36.6 Å². The van der Waals surface area contributed by atoms with Crippen molar-refractivity contribution >= 4 is 23.7 Å². The number of nitrogens with zero attached hydrogens (tertiary/aromatic N) is 5. The van der Waals surface area contributed by atoms with Crippen molar-refractivity contribution in [3.63, 3.8) is 0 Å². The van der Waals surface area contributed by atoms with Gasteiger partial charge in [0.25, 0.3) is 5.22 Å². The molecule has 0 unspecified atom stereocenters. The van der Waals surface area contributed by atoms with Gasteiger partial charge in [0.2, 0.25) is 17.1 Å². The summed E-state index contributed by atoms with van der Waals surface area (Å²) in [6, 6.07) is 0. The average molecular weight is 306 g/mol. The zero-order valence-corrected chi connectivity index (χ0v) is 12.8. The van der Waals surface area contributed by atoms with E-state index in [1.54, 1.807) is 12.5 Å². The predicted molar refractivity (Wildman–Crippen MR) is 80.7 cm³/mol. The SMILES string of the molecule is CCNc1nc(Sc2ncco2)nc(N2CCCCC2)n1. The Kier molecular flexibility index (Phi) is 4.54. The van der Waals surface area contributed by atoms with Gasteiger partial charge in [0.1, 0.15) is 6.26 Å². The molecule has 2 aromatic heterocycles. The fourth-order valence-electron chi connectivity index (χ4n) is 2.20. The van der Waals surface area contributed by atoms with Crippen LogP contribution in [-0.4, -0.2) is 39.6 Å². The van der Waals surface area contributed by atoms with Crippen LogP contribution in [0.4, 0.5) is 11.9 Å². The van der Waals surface area contributed by atoms with Gasteiger partial charge in [0.05, 0.1) is 6.20 Å². The lowest BCUT2D eigenvalue weighted by molar-refractivity contribution is 0.453. The first-order valence-electron chi connectivity index (χ1n) is 7.17. The van der Waals surface area contributed by atoms with Crippen molar-refractivity contribution in [3.05, 3.63) is 12.5 Å². The molecular weight excluding hydrogens is 288 g/mol. The fourth-order valence-corrected chi connectivity index (χ4v) is 2.84. The summed E-state index contributed by atoms with van der Waals surface area (Å²) in [4.78, 5) is 19.7. The molecule has 7 nitrogen and oxygen atoms in total. The number of aromatic nitrogens is 4. The van der Waals surface area contributed by atoms with E-state index in [0.29, 0.717) is 16.3 Å². The largest absolute Gasteiger partial charge is 0.440 e. The molecule has 0 bridgehead atoms. The zero-order valence-electron chi connectivity index (χ0n) is 11.9. The molecule has 0 spiro atoms. The molecule has 0 amide bonds. The number of anilines is 2. The highest BCUT2D eigenvalue weighted by molar-refractivity contribution is 7.98. The van der Waals surface area contributed by atoms with Crippen LogP contribution in [0.25, 0.3) is 0 Å². The molecule has 21 heavy (non-hydrogen) atoms. The Morgan fingerprint density at radius 3 is 2.81 bits per heavy atom. The van der Waals surface area contributed by atoms with Crippen molar-refractivity contribution in [2.75, 3.05) is 29.9 Å². The fraction of sp³-hybridized carbons (Fsp3) is 0.538. The number of piperidine rings is 1. The normalized spacial score (nSPS) is 15.2. The summed E-state index contributed by atoms with van der Waals surface area (Å²) in [6.07, 6.45) is 6.80. The Hall–Kier alpha value is -1.83. The average Bonchev–Trinajstić information content (AvgIpc) is 3.01. The molecule has 1 fully saturated rings. The molecule has 1 aliphatic heterocycles. The van der Waals surface area contributed by atoms with Gasteiger partial charge in [-0.15, -0.1) is 0 Å². The summed E-state index contributed by atoms with van der Waals surface area (Å²) in [5, 5.41) is 4.29. The van der Waals surface area contributed by atoms with E-state index in [0.717, 1.165) is 25.6 Å². The van der Waals surface area contributed by atoms with Crippen LogP contribution in [0.3, 0.4) is 0 Å². The van der Waals surface area contributed by atoms with Crippen LogP contribution in [0.2, 0.25) is 0 Å². The molecule has 3 rings (SSSR count). The maximum absolute atomic E-state index is 5.24. The van der Waals surface area contributed by atoms with Crippen molar-refractivity contribution in [2.24, 2.45) is 0 Å². The Balaban J connectivity index is 1.85. The predicted octanol–water partition coefficient (Wildman–Crippen LogP) is 2.43. The van der Waals surface area contributed by atoms with Gasteiger partial charge in [0.15, 0.2) is 0 Å². The summed E-state index contributed by atoms with van der Waals surface area (Å²) in [7, 11) is 0. The Morgan fingerprint density at radius 1 is 1.24 bits per heavy atom. The molecule has 112 valence electrons. The second-order valence-electron chi connectivity index (χ2n) is 4.72. The topological polar surface area (TPSA) is 80.0 Å². The summed E-state index contributed by atoms with van der Waals surface area (Å²) in [5.41, 5.74) is 0. The number of rotatable bonds is 5. The van der Waals surface area contributed by atoms with Crippen LogP contribution >= 0.6 is 11.8 Å². The van der Waals surface area contributed by atoms with E-state index in [1.165, 1.54) is 31.0 Å². The van der Waals surface area contributed by atoms with E-state index in [-0.39, 0.29) is 0 Å². The van der Waals surface area contributed by atoms with Gasteiger partial charge in [-0.25, -0.2) is 4.98 Å². The minimum absolute atomic E-state index is 0.535. The van der Waals surface area contributed by atoms with Gasteiger partial charge >= 0.3 is 0 Å². The van der Waals surface area contributed by atoms with Crippen LogP contribution in [0.15, 0.2) is 27.3 Å². The van der Waals surface area contributed by atoms with E-state index >= 15 is 0 Å². The van der Waals surface area contributed by atoms with E-state index in [9.17, 15) is 0 Å². The van der Waals surface area contributed by atoms with Crippen LogP contribution in [0.5, 0.6) is 0 Å². The quantitative estimate of drug-likeness (QED) is 0.902. The lowest BCUT2D eigenvalue weighted by Crippen LogP contribution is -2.31. The highest BCUT2D eigenvalue weighted by Gasteiger charge is 2.17. The van der Waals surface area contributed by atoms with Crippen LogP contribution < -0.4 is 10.2 Å². The maximum Gasteiger partial charge on any atom is 0.263 e. The smallest absolute Gasteiger partial charge is 0.263 e. The van der Waals surface area contributed by atoms with Gasteiger partial charge in [-0.3, -0.25) is 0 Å². The van der Waals surface area contributed by atoms with E-state index in [2.05, 4.69) is 30.2 Å². The molecular formula is C13H18N6OS. The van der Waals surface area contributed by atoms with Gasteiger partial charge < -0.3 is 14.6 Å². The van der Waals surface area contributed by atoms with Crippen LogP contribution in [0.1, 0.15) is 26.2 Å². The number of hydrogen-bond acceptors (Lipinski definition) is 8. The van der Waals surface area contributed by atoms with Gasteiger partial charge in [-0.05, 0) is 26.2 Å². The molecule has 0 aromatic carbocycles. The third-order valence-electron chi connectivity index (χ3n) is 3.17. The minimum atomic E-state index is 0.535. The highest BCUT2D eigenvalue weighted by atomic mass is 32.2. The van der Waals surface area contributed by atoms with Gasteiger partial charge in [-0.2, -0.15) is 15.0 Å². The summed E-state index contributed by atoms with van der Waals surface area (Å²) in [6.45, 7) is 4.79. The molecule has 0 saturated carbocycles. The van der Waals surface area contributed by atoms with Gasteiger partial charge in [0, 0.05) is 31.4 Å². The third kappa shape index (κ3) is 3.63. The third-order valence-corrected chi connectivity index (χ3v) is 3.91. The number of nitrogens with one attached hydrogen (secondary N) is 1. The monoisotopic (exact) mass is 306 g/mol. The van der Waals surface area contributed by atoms with Crippen molar-refractivity contribution in [1.29, 1.82) is 0 Å². The molecule has 8 heteroatoms. The number of oxazole rings is 1. The van der Waals surface area contributed by atoms with Crippen LogP contribution in [-0.2, 0) is 0 Å². The lowest BCUT2D eigenvalue weighted by Gasteiger charge is -2.26. The van der Waals surface area contributed by atoms with Crippen molar-refractivity contribution < 1.29 is 4.42 Å². The standard InChI is InChI=1S/C13H18N6OS/c1-2-14-10-16-11(19-7-4-3-5-8-19)18-12(17-10)21-13-15-6-9-20-13/h6,9H,2-5,7-8H2,1H3,(H,14,16,17,18). The first-order valence-corrected chi connectivity index (χ1v) is 7.99. The Bertz CT molecular complexity index is 570. The van der Waals surface area contributed by atoms with Gasteiger partial charge in [-0.1, -0.05) is 0 Å². The summed E-state index contributed by atoms with van der Waals surface area (Å²) < 4.78 is 5.24. The first-order chi connectivity index (χ1) is 10.3. The second kappa shape index (κ2) is 6.75. The van der Waals surface area contributed by atoms with Crippen molar-refractivity contribution in [1.82, 2.24) is 19.9 Å². The maximum atomic E-state index is 5.24. The van der Waals surface area contributed by atoms with E-state index in [4.69, 9.17) is 4.42 Å². The number of hydrogen-bond donors (Lipinski definition) is 1. The molecule has 2 aromatic rings. The van der Waals surface area contributed by atoms with Crippen molar-refractivity contribution in [3.8, 4) is 0 Å².